The normalized spacial score (nSPS) is 16.7. The summed E-state index contributed by atoms with van der Waals surface area (Å²) in [5.74, 6) is -0.178. The third-order valence-electron chi connectivity index (χ3n) is 3.10. The molecule has 1 heterocycles. The Labute approximate surface area is 117 Å². The van der Waals surface area contributed by atoms with Crippen molar-refractivity contribution in [2.45, 2.75) is 19.8 Å². The summed E-state index contributed by atoms with van der Waals surface area (Å²) < 4.78 is 10.9. The molecule has 19 heavy (non-hydrogen) atoms. The summed E-state index contributed by atoms with van der Waals surface area (Å²) in [6.45, 7) is 4.09. The van der Waals surface area contributed by atoms with E-state index in [-0.39, 0.29) is 11.8 Å². The average molecular weight is 285 g/mol. The van der Waals surface area contributed by atoms with E-state index in [1.807, 2.05) is 6.07 Å². The smallest absolute Gasteiger partial charge is 0.303 e. The Morgan fingerprint density at radius 1 is 1.53 bits per heavy atom. The van der Waals surface area contributed by atoms with Crippen LogP contribution in [0.15, 0.2) is 18.2 Å². The molecule has 0 bridgehead atoms. The minimum absolute atomic E-state index is 0.0747. The van der Waals surface area contributed by atoms with Crippen LogP contribution in [0, 0.1) is 5.41 Å². The number of halogens is 1. The van der Waals surface area contributed by atoms with Crippen LogP contribution in [0.3, 0.4) is 0 Å². The molecule has 1 aromatic carbocycles. The molecule has 1 fully saturated rings. The summed E-state index contributed by atoms with van der Waals surface area (Å²) in [4.78, 5) is 10.5. The summed E-state index contributed by atoms with van der Waals surface area (Å²) in [7, 11) is 0. The molecule has 1 aliphatic rings. The average Bonchev–Trinajstić information content (AvgIpc) is 2.33. The molecule has 0 spiro atoms. The van der Waals surface area contributed by atoms with E-state index in [1.165, 1.54) is 0 Å². The number of carboxylic acids is 1. The number of ether oxygens (including phenoxy) is 2. The molecule has 1 aromatic rings. The predicted octanol–water partition coefficient (Wildman–Crippen LogP) is 2.77. The maximum atomic E-state index is 10.5. The molecule has 0 radical (unpaired) electrons. The maximum Gasteiger partial charge on any atom is 0.303 e. The van der Waals surface area contributed by atoms with E-state index in [2.05, 4.69) is 6.92 Å². The highest BCUT2D eigenvalue weighted by Crippen LogP contribution is 2.31. The monoisotopic (exact) mass is 284 g/mol. The zero-order valence-corrected chi connectivity index (χ0v) is 11.6. The molecule has 104 valence electrons. The third-order valence-corrected chi connectivity index (χ3v) is 3.40. The first-order valence-electron chi connectivity index (χ1n) is 6.19. The van der Waals surface area contributed by atoms with Gasteiger partial charge in [-0.15, -0.1) is 0 Å². The van der Waals surface area contributed by atoms with Crippen LogP contribution in [0.5, 0.6) is 5.75 Å². The summed E-state index contributed by atoms with van der Waals surface area (Å²) in [5, 5.41) is 9.16. The summed E-state index contributed by atoms with van der Waals surface area (Å²) >= 11 is 6.13. The molecule has 0 amide bonds. The second kappa shape index (κ2) is 5.80. The summed E-state index contributed by atoms with van der Waals surface area (Å²) in [6, 6.07) is 5.41. The highest BCUT2D eigenvalue weighted by atomic mass is 35.5. The highest BCUT2D eigenvalue weighted by Gasteiger charge is 2.34. The van der Waals surface area contributed by atoms with Crippen molar-refractivity contribution < 1.29 is 19.4 Å². The highest BCUT2D eigenvalue weighted by molar-refractivity contribution is 6.32. The van der Waals surface area contributed by atoms with Crippen LogP contribution in [0.1, 0.15) is 18.9 Å². The van der Waals surface area contributed by atoms with Crippen LogP contribution in [-0.4, -0.2) is 30.9 Å². The van der Waals surface area contributed by atoms with Crippen molar-refractivity contribution in [3.05, 3.63) is 28.8 Å². The Balaban J connectivity index is 1.92. The van der Waals surface area contributed by atoms with Gasteiger partial charge in [0.2, 0.25) is 0 Å². The van der Waals surface area contributed by atoms with Crippen LogP contribution in [0.4, 0.5) is 0 Å². The molecule has 0 unspecified atom stereocenters. The number of aliphatic carboxylic acids is 1. The molecule has 1 N–H and O–H groups in total. The molecular weight excluding hydrogens is 268 g/mol. The minimum Gasteiger partial charge on any atom is -0.491 e. The molecule has 0 aliphatic carbocycles. The van der Waals surface area contributed by atoms with Crippen molar-refractivity contribution in [3.63, 3.8) is 0 Å². The lowest BCUT2D eigenvalue weighted by atomic mass is 9.90. The summed E-state index contributed by atoms with van der Waals surface area (Å²) in [6.07, 6.45) is 0.576. The SMILES string of the molecule is CC1(COc2ccc(CCC(=O)O)cc2Cl)COC1. The zero-order valence-electron chi connectivity index (χ0n) is 10.8. The van der Waals surface area contributed by atoms with Crippen LogP contribution < -0.4 is 4.74 Å². The van der Waals surface area contributed by atoms with Gasteiger partial charge in [0.1, 0.15) is 5.75 Å². The van der Waals surface area contributed by atoms with E-state index in [1.54, 1.807) is 12.1 Å². The van der Waals surface area contributed by atoms with Crippen molar-refractivity contribution in [1.82, 2.24) is 0 Å². The molecule has 2 rings (SSSR count). The Kier molecular flexibility index (Phi) is 4.32. The Morgan fingerprint density at radius 3 is 2.79 bits per heavy atom. The first-order valence-corrected chi connectivity index (χ1v) is 6.57. The Bertz CT molecular complexity index is 469. The van der Waals surface area contributed by atoms with Gasteiger partial charge in [0.15, 0.2) is 0 Å². The number of carboxylic acid groups (broad SMARTS) is 1. The molecule has 5 heteroatoms. The van der Waals surface area contributed by atoms with Crippen molar-refractivity contribution >= 4 is 17.6 Å². The molecule has 4 nitrogen and oxygen atoms in total. The fourth-order valence-corrected chi connectivity index (χ4v) is 2.11. The number of hydrogen-bond acceptors (Lipinski definition) is 3. The molecule has 0 atom stereocenters. The molecule has 0 aromatic heterocycles. The number of hydrogen-bond donors (Lipinski definition) is 1. The molecule has 1 aliphatic heterocycles. The maximum absolute atomic E-state index is 10.5. The van der Waals surface area contributed by atoms with Gasteiger partial charge in [-0.3, -0.25) is 4.79 Å². The lowest BCUT2D eigenvalue weighted by Gasteiger charge is -2.37. The lowest BCUT2D eigenvalue weighted by molar-refractivity contribution is -0.136. The van der Waals surface area contributed by atoms with Crippen LogP contribution >= 0.6 is 11.6 Å². The van der Waals surface area contributed by atoms with E-state index in [9.17, 15) is 4.79 Å². The molecule has 0 saturated carbocycles. The van der Waals surface area contributed by atoms with Crippen molar-refractivity contribution in [3.8, 4) is 5.75 Å². The van der Waals surface area contributed by atoms with Crippen LogP contribution in [-0.2, 0) is 16.0 Å². The van der Waals surface area contributed by atoms with Gasteiger partial charge < -0.3 is 14.6 Å². The van der Waals surface area contributed by atoms with E-state index in [0.29, 0.717) is 37.0 Å². The van der Waals surface area contributed by atoms with Gasteiger partial charge in [-0.1, -0.05) is 24.6 Å². The summed E-state index contributed by atoms with van der Waals surface area (Å²) in [5.41, 5.74) is 0.976. The van der Waals surface area contributed by atoms with Gasteiger partial charge >= 0.3 is 5.97 Å². The van der Waals surface area contributed by atoms with Crippen LogP contribution in [0.2, 0.25) is 5.02 Å². The van der Waals surface area contributed by atoms with E-state index in [0.717, 1.165) is 5.56 Å². The van der Waals surface area contributed by atoms with Crippen molar-refractivity contribution in [2.75, 3.05) is 19.8 Å². The Morgan fingerprint density at radius 2 is 2.26 bits per heavy atom. The second-order valence-electron chi connectivity index (χ2n) is 5.25. The lowest BCUT2D eigenvalue weighted by Crippen LogP contribution is -2.44. The van der Waals surface area contributed by atoms with Gasteiger partial charge in [-0.2, -0.15) is 0 Å². The van der Waals surface area contributed by atoms with Crippen molar-refractivity contribution in [1.29, 1.82) is 0 Å². The quantitative estimate of drug-likeness (QED) is 0.873. The Hall–Kier alpha value is -1.26. The topological polar surface area (TPSA) is 55.8 Å². The van der Waals surface area contributed by atoms with E-state index >= 15 is 0 Å². The van der Waals surface area contributed by atoms with Gasteiger partial charge in [-0.25, -0.2) is 0 Å². The second-order valence-corrected chi connectivity index (χ2v) is 5.66. The van der Waals surface area contributed by atoms with Crippen molar-refractivity contribution in [2.24, 2.45) is 5.41 Å². The molecule has 1 saturated heterocycles. The fraction of sp³-hybridized carbons (Fsp3) is 0.500. The standard InChI is InChI=1S/C14H17ClO4/c1-14(7-18-8-14)9-19-12-4-2-10(6-11(12)15)3-5-13(16)17/h2,4,6H,3,5,7-9H2,1H3,(H,16,17). The van der Waals surface area contributed by atoms with Gasteiger partial charge in [0.25, 0.3) is 0 Å². The molecular formula is C14H17ClO4. The predicted molar refractivity (Wildman–Crippen MR) is 71.8 cm³/mol. The first-order chi connectivity index (χ1) is 8.98. The fourth-order valence-electron chi connectivity index (χ4n) is 1.85. The minimum atomic E-state index is -0.811. The van der Waals surface area contributed by atoms with E-state index in [4.69, 9.17) is 26.2 Å². The number of aryl methyl sites for hydroxylation is 1. The zero-order chi connectivity index (χ0) is 13.9. The van der Waals surface area contributed by atoms with E-state index < -0.39 is 5.97 Å². The first kappa shape index (κ1) is 14.2. The van der Waals surface area contributed by atoms with Gasteiger partial charge in [-0.05, 0) is 24.1 Å². The number of carbonyl (C=O) groups is 1. The number of rotatable bonds is 6. The van der Waals surface area contributed by atoms with Crippen LogP contribution in [0.25, 0.3) is 0 Å². The largest absolute Gasteiger partial charge is 0.491 e. The third kappa shape index (κ3) is 3.85. The number of benzene rings is 1. The van der Waals surface area contributed by atoms with Gasteiger partial charge in [0.05, 0.1) is 24.8 Å². The van der Waals surface area contributed by atoms with Gasteiger partial charge in [0, 0.05) is 11.8 Å².